The highest BCUT2D eigenvalue weighted by atomic mass is 32.2. The minimum atomic E-state index is -3.62. The molecule has 0 bridgehead atoms. The first-order valence-corrected chi connectivity index (χ1v) is 7.62. The minimum absolute atomic E-state index is 0.0953. The number of imide groups is 1. The number of amides is 2. The Morgan fingerprint density at radius 2 is 1.70 bits per heavy atom. The maximum Gasteiger partial charge on any atom is 0.285 e. The maximum atomic E-state index is 11.9. The Bertz CT molecular complexity index is 621. The van der Waals surface area contributed by atoms with Crippen LogP contribution in [0.25, 0.3) is 0 Å². The molecule has 0 spiro atoms. The van der Waals surface area contributed by atoms with Gasteiger partial charge in [-0.05, 0) is 18.1 Å². The molecule has 0 saturated carbocycles. The number of primary sulfonamides is 1. The fraction of sp³-hybridized carbons (Fsp3) is 0.333. The number of nitrogens with zero attached hydrogens (tertiary/aromatic N) is 1. The van der Waals surface area contributed by atoms with Gasteiger partial charge in [0, 0.05) is 0 Å². The van der Waals surface area contributed by atoms with Gasteiger partial charge < -0.3 is 0 Å². The number of benzene rings is 1. The molecule has 1 heterocycles. The first kappa shape index (κ1) is 14.6. The molecular weight excluding hydrogens is 284 g/mol. The normalized spacial score (nSPS) is 16.4. The molecule has 108 valence electrons. The Morgan fingerprint density at radius 1 is 1.20 bits per heavy atom. The lowest BCUT2D eigenvalue weighted by atomic mass is 10.1. The van der Waals surface area contributed by atoms with Gasteiger partial charge in [0.25, 0.3) is 11.8 Å². The van der Waals surface area contributed by atoms with E-state index < -0.39 is 27.8 Å². The summed E-state index contributed by atoms with van der Waals surface area (Å²) in [6.45, 7) is 1.50. The summed E-state index contributed by atoms with van der Waals surface area (Å²) in [6, 6.07) is 6.37. The van der Waals surface area contributed by atoms with E-state index in [2.05, 4.69) is 0 Å². The molecule has 0 aromatic heterocycles. The molecule has 0 saturated heterocycles. The SMILES string of the molecule is CC(CON1C(=O)c2ccccc2C1=O)CS(N)(=O)=O. The van der Waals surface area contributed by atoms with Crippen molar-refractivity contribution in [3.63, 3.8) is 0 Å². The molecule has 1 aromatic carbocycles. The van der Waals surface area contributed by atoms with E-state index >= 15 is 0 Å². The highest BCUT2D eigenvalue weighted by Crippen LogP contribution is 2.22. The van der Waals surface area contributed by atoms with Crippen molar-refractivity contribution in [1.29, 1.82) is 0 Å². The van der Waals surface area contributed by atoms with Crippen molar-refractivity contribution in [2.75, 3.05) is 12.4 Å². The summed E-state index contributed by atoms with van der Waals surface area (Å²) in [5.41, 5.74) is 0.549. The number of sulfonamides is 1. The highest BCUT2D eigenvalue weighted by Gasteiger charge is 2.36. The van der Waals surface area contributed by atoms with Crippen LogP contribution in [0.5, 0.6) is 0 Å². The van der Waals surface area contributed by atoms with Gasteiger partial charge in [0.1, 0.15) is 0 Å². The van der Waals surface area contributed by atoms with Crippen molar-refractivity contribution in [1.82, 2.24) is 5.06 Å². The molecule has 1 atom stereocenters. The van der Waals surface area contributed by atoms with Gasteiger partial charge in [-0.1, -0.05) is 19.1 Å². The second kappa shape index (κ2) is 5.31. The standard InChI is InChI=1S/C12H14N2O5S/c1-8(7-20(13,17)18)6-19-14-11(15)9-4-2-3-5-10(9)12(14)16/h2-5,8H,6-7H2,1H3,(H2,13,17,18). The molecule has 2 N–H and O–H groups in total. The lowest BCUT2D eigenvalue weighted by Crippen LogP contribution is -2.33. The van der Waals surface area contributed by atoms with Crippen LogP contribution in [-0.4, -0.2) is 37.7 Å². The number of nitrogens with two attached hydrogens (primary N) is 1. The van der Waals surface area contributed by atoms with Gasteiger partial charge in [-0.2, -0.15) is 0 Å². The molecule has 1 unspecified atom stereocenters. The van der Waals surface area contributed by atoms with Crippen LogP contribution >= 0.6 is 0 Å². The third kappa shape index (κ3) is 3.03. The summed E-state index contributed by atoms with van der Waals surface area (Å²) in [4.78, 5) is 29.0. The molecule has 7 nitrogen and oxygen atoms in total. The quantitative estimate of drug-likeness (QED) is 0.778. The first-order valence-electron chi connectivity index (χ1n) is 5.91. The topological polar surface area (TPSA) is 107 Å². The zero-order valence-electron chi connectivity index (χ0n) is 10.8. The summed E-state index contributed by atoms with van der Waals surface area (Å²) in [5.74, 6) is -1.81. The molecule has 1 aromatic rings. The first-order chi connectivity index (χ1) is 9.29. The van der Waals surface area contributed by atoms with E-state index in [0.717, 1.165) is 0 Å². The van der Waals surface area contributed by atoms with E-state index in [1.54, 1.807) is 19.1 Å². The Labute approximate surface area is 116 Å². The second-order valence-electron chi connectivity index (χ2n) is 4.68. The van der Waals surface area contributed by atoms with Crippen molar-refractivity contribution in [2.45, 2.75) is 6.92 Å². The summed E-state index contributed by atoms with van der Waals surface area (Å²) in [6.07, 6.45) is 0. The van der Waals surface area contributed by atoms with E-state index in [1.165, 1.54) is 12.1 Å². The predicted molar refractivity (Wildman–Crippen MR) is 70.0 cm³/mol. The largest absolute Gasteiger partial charge is 0.285 e. The molecular formula is C12H14N2O5S. The van der Waals surface area contributed by atoms with Crippen LogP contribution in [0.2, 0.25) is 0 Å². The van der Waals surface area contributed by atoms with Crippen LogP contribution in [0, 0.1) is 5.92 Å². The van der Waals surface area contributed by atoms with Gasteiger partial charge in [-0.25, -0.2) is 13.6 Å². The average molecular weight is 298 g/mol. The van der Waals surface area contributed by atoms with E-state index in [0.29, 0.717) is 5.06 Å². The lowest BCUT2D eigenvalue weighted by Gasteiger charge is -2.16. The molecule has 0 fully saturated rings. The van der Waals surface area contributed by atoms with Crippen molar-refractivity contribution in [3.05, 3.63) is 35.4 Å². The van der Waals surface area contributed by atoms with Gasteiger partial charge in [0.05, 0.1) is 23.5 Å². The van der Waals surface area contributed by atoms with Gasteiger partial charge in [-0.3, -0.25) is 14.4 Å². The van der Waals surface area contributed by atoms with Gasteiger partial charge >= 0.3 is 0 Å². The van der Waals surface area contributed by atoms with Crippen molar-refractivity contribution < 1.29 is 22.8 Å². The fourth-order valence-electron chi connectivity index (χ4n) is 1.93. The summed E-state index contributed by atoms with van der Waals surface area (Å²) >= 11 is 0. The zero-order valence-corrected chi connectivity index (χ0v) is 11.6. The fourth-order valence-corrected chi connectivity index (χ4v) is 2.82. The summed E-state index contributed by atoms with van der Waals surface area (Å²) < 4.78 is 21.8. The maximum absolute atomic E-state index is 11.9. The predicted octanol–water partition coefficient (Wildman–Crippen LogP) is 0.139. The minimum Gasteiger partial charge on any atom is -0.266 e. The number of carbonyl (C=O) groups is 2. The van der Waals surface area contributed by atoms with Crippen LogP contribution in [0.1, 0.15) is 27.6 Å². The average Bonchev–Trinajstić information content (AvgIpc) is 2.59. The van der Waals surface area contributed by atoms with Gasteiger partial charge in [0.15, 0.2) is 0 Å². The molecule has 0 aliphatic carbocycles. The van der Waals surface area contributed by atoms with Crippen molar-refractivity contribution in [3.8, 4) is 0 Å². The summed E-state index contributed by atoms with van der Waals surface area (Å²) in [5, 5.41) is 5.57. The number of hydroxylamine groups is 2. The van der Waals surface area contributed by atoms with E-state index in [-0.39, 0.29) is 23.5 Å². The molecule has 2 amide bonds. The highest BCUT2D eigenvalue weighted by molar-refractivity contribution is 7.89. The zero-order chi connectivity index (χ0) is 14.9. The third-order valence-electron chi connectivity index (χ3n) is 2.76. The summed E-state index contributed by atoms with van der Waals surface area (Å²) in [7, 11) is -3.62. The van der Waals surface area contributed by atoms with Crippen LogP contribution in [0.4, 0.5) is 0 Å². The van der Waals surface area contributed by atoms with E-state index in [9.17, 15) is 18.0 Å². The van der Waals surface area contributed by atoms with E-state index in [4.69, 9.17) is 9.98 Å². The Kier molecular flexibility index (Phi) is 3.89. The number of hydrogen-bond acceptors (Lipinski definition) is 5. The molecule has 1 aliphatic heterocycles. The van der Waals surface area contributed by atoms with Gasteiger partial charge in [-0.15, -0.1) is 5.06 Å². The van der Waals surface area contributed by atoms with E-state index in [1.807, 2.05) is 0 Å². The number of fused-ring (bicyclic) bond motifs is 1. The van der Waals surface area contributed by atoms with Crippen LogP contribution in [-0.2, 0) is 14.9 Å². The monoisotopic (exact) mass is 298 g/mol. The molecule has 8 heteroatoms. The van der Waals surface area contributed by atoms with Crippen LogP contribution < -0.4 is 5.14 Å². The second-order valence-corrected chi connectivity index (χ2v) is 6.34. The third-order valence-corrected chi connectivity index (χ3v) is 3.80. The molecule has 20 heavy (non-hydrogen) atoms. The van der Waals surface area contributed by atoms with Crippen LogP contribution in [0.3, 0.4) is 0 Å². The lowest BCUT2D eigenvalue weighted by molar-refractivity contribution is -0.0993. The number of carbonyl (C=O) groups excluding carboxylic acids is 2. The molecule has 1 aliphatic rings. The van der Waals surface area contributed by atoms with Crippen molar-refractivity contribution >= 4 is 21.8 Å². The van der Waals surface area contributed by atoms with Crippen LogP contribution in [0.15, 0.2) is 24.3 Å². The smallest absolute Gasteiger partial charge is 0.266 e. The molecule has 0 radical (unpaired) electrons. The Morgan fingerprint density at radius 3 is 2.15 bits per heavy atom. The van der Waals surface area contributed by atoms with Gasteiger partial charge in [0.2, 0.25) is 10.0 Å². The Balaban J connectivity index is 2.03. The molecule has 2 rings (SSSR count). The number of hydrogen-bond donors (Lipinski definition) is 1. The number of rotatable bonds is 5. The Hall–Kier alpha value is -1.77. The van der Waals surface area contributed by atoms with Crippen molar-refractivity contribution in [2.24, 2.45) is 11.1 Å².